The SMILES string of the molecule is CCCN(C)C(C(N)=O)(C(=O)CCCCCCCCCCCCCCC(C)C)c1ccccc1. The van der Waals surface area contributed by atoms with Crippen molar-refractivity contribution in [3.05, 3.63) is 35.9 Å². The number of unbranched alkanes of at least 4 members (excludes halogenated alkanes) is 11. The van der Waals surface area contributed by atoms with E-state index >= 15 is 0 Å². The van der Waals surface area contributed by atoms with E-state index < -0.39 is 11.4 Å². The second kappa shape index (κ2) is 17.7. The molecule has 1 rings (SSSR count). The molecule has 2 N–H and O–H groups in total. The molecule has 4 nitrogen and oxygen atoms in total. The lowest BCUT2D eigenvalue weighted by atomic mass is 9.81. The number of likely N-dealkylation sites (N-methyl/N-ethyl adjacent to an activating group) is 1. The van der Waals surface area contributed by atoms with Crippen molar-refractivity contribution in [2.45, 2.75) is 123 Å². The molecule has 0 aliphatic rings. The molecule has 0 aromatic heterocycles. The van der Waals surface area contributed by atoms with E-state index in [-0.39, 0.29) is 5.78 Å². The zero-order valence-corrected chi connectivity index (χ0v) is 22.6. The van der Waals surface area contributed by atoms with Gasteiger partial charge in [0.1, 0.15) is 0 Å². The molecule has 0 radical (unpaired) electrons. The molecule has 0 saturated carbocycles. The number of primary amides is 1. The van der Waals surface area contributed by atoms with E-state index in [2.05, 4.69) is 13.8 Å². The van der Waals surface area contributed by atoms with Gasteiger partial charge in [0.05, 0.1) is 0 Å². The topological polar surface area (TPSA) is 63.4 Å². The zero-order chi connectivity index (χ0) is 25.2. The Morgan fingerprint density at radius 2 is 1.29 bits per heavy atom. The summed E-state index contributed by atoms with van der Waals surface area (Å²) >= 11 is 0. The molecule has 1 aromatic rings. The van der Waals surface area contributed by atoms with Crippen molar-refractivity contribution in [1.29, 1.82) is 0 Å². The lowest BCUT2D eigenvalue weighted by Crippen LogP contribution is -2.58. The number of Topliss-reactive ketones (excluding diaryl/α,β-unsaturated/α-hetero) is 1. The van der Waals surface area contributed by atoms with Crippen molar-refractivity contribution in [1.82, 2.24) is 4.90 Å². The first-order valence-corrected chi connectivity index (χ1v) is 14.0. The summed E-state index contributed by atoms with van der Waals surface area (Å²) in [6, 6.07) is 9.33. The van der Waals surface area contributed by atoms with Crippen LogP contribution in [0.1, 0.15) is 123 Å². The van der Waals surface area contributed by atoms with Crippen molar-refractivity contribution < 1.29 is 9.59 Å². The third-order valence-corrected chi connectivity index (χ3v) is 7.02. The highest BCUT2D eigenvalue weighted by molar-refractivity contribution is 6.10. The lowest BCUT2D eigenvalue weighted by molar-refractivity contribution is -0.143. The summed E-state index contributed by atoms with van der Waals surface area (Å²) < 4.78 is 0. The standard InChI is InChI=1S/C30H52N2O2/c1-5-25-32(4)30(29(31)34,27-22-18-16-19-23-27)28(33)24-20-15-13-11-9-7-6-8-10-12-14-17-21-26(2)3/h16,18-19,22-23,26H,5-15,17,20-21,24-25H2,1-4H3,(H2,31,34). The van der Waals surface area contributed by atoms with Gasteiger partial charge in [-0.05, 0) is 37.9 Å². The van der Waals surface area contributed by atoms with Gasteiger partial charge < -0.3 is 5.73 Å². The summed E-state index contributed by atoms with van der Waals surface area (Å²) in [6.45, 7) is 7.30. The third kappa shape index (κ3) is 10.3. The highest BCUT2D eigenvalue weighted by Gasteiger charge is 2.48. The number of rotatable bonds is 21. The van der Waals surface area contributed by atoms with E-state index in [4.69, 9.17) is 5.73 Å². The minimum absolute atomic E-state index is 0.0736. The van der Waals surface area contributed by atoms with Gasteiger partial charge >= 0.3 is 0 Å². The van der Waals surface area contributed by atoms with Gasteiger partial charge in [0, 0.05) is 6.42 Å². The molecule has 0 heterocycles. The fourth-order valence-electron chi connectivity index (χ4n) is 5.03. The minimum atomic E-state index is -1.37. The van der Waals surface area contributed by atoms with Crippen LogP contribution < -0.4 is 5.73 Å². The first-order chi connectivity index (χ1) is 16.4. The number of hydrogen-bond donors (Lipinski definition) is 1. The van der Waals surface area contributed by atoms with Crippen molar-refractivity contribution in [2.75, 3.05) is 13.6 Å². The van der Waals surface area contributed by atoms with E-state index in [1.54, 1.807) is 0 Å². The molecule has 1 atom stereocenters. The molecule has 0 fully saturated rings. The Balaban J connectivity index is 2.32. The summed E-state index contributed by atoms with van der Waals surface area (Å²) in [5, 5.41) is 0. The number of nitrogens with zero attached hydrogens (tertiary/aromatic N) is 1. The van der Waals surface area contributed by atoms with Gasteiger partial charge in [0.25, 0.3) is 0 Å². The van der Waals surface area contributed by atoms with Crippen molar-refractivity contribution >= 4 is 11.7 Å². The number of benzene rings is 1. The van der Waals surface area contributed by atoms with Gasteiger partial charge in [-0.15, -0.1) is 0 Å². The summed E-state index contributed by atoms with van der Waals surface area (Å²) in [6.07, 6.45) is 17.7. The maximum absolute atomic E-state index is 13.4. The monoisotopic (exact) mass is 472 g/mol. The van der Waals surface area contributed by atoms with E-state index in [1.165, 1.54) is 64.2 Å². The molecule has 0 bridgehead atoms. The Morgan fingerprint density at radius 3 is 1.74 bits per heavy atom. The largest absolute Gasteiger partial charge is 0.367 e. The van der Waals surface area contributed by atoms with Gasteiger partial charge in [0.2, 0.25) is 5.91 Å². The van der Waals surface area contributed by atoms with Crippen LogP contribution in [0.2, 0.25) is 0 Å². The molecular formula is C30H52N2O2. The van der Waals surface area contributed by atoms with Crippen LogP contribution in [-0.2, 0) is 15.1 Å². The lowest BCUT2D eigenvalue weighted by Gasteiger charge is -2.38. The normalized spacial score (nSPS) is 13.4. The van der Waals surface area contributed by atoms with E-state index in [1.807, 2.05) is 49.2 Å². The fourth-order valence-corrected chi connectivity index (χ4v) is 5.03. The highest BCUT2D eigenvalue weighted by atomic mass is 16.2. The zero-order valence-electron chi connectivity index (χ0n) is 22.6. The van der Waals surface area contributed by atoms with Crippen LogP contribution in [0.15, 0.2) is 30.3 Å². The molecule has 0 aliphatic heterocycles. The molecule has 1 aromatic carbocycles. The average molecular weight is 473 g/mol. The smallest absolute Gasteiger partial charge is 0.250 e. The molecule has 0 saturated heterocycles. The second-order valence-corrected chi connectivity index (χ2v) is 10.5. The predicted molar refractivity (Wildman–Crippen MR) is 145 cm³/mol. The predicted octanol–water partition coefficient (Wildman–Crippen LogP) is 7.40. The van der Waals surface area contributed by atoms with Crippen LogP contribution in [-0.4, -0.2) is 30.2 Å². The van der Waals surface area contributed by atoms with Crippen molar-refractivity contribution in [2.24, 2.45) is 11.7 Å². The molecule has 194 valence electrons. The number of ketones is 1. The maximum atomic E-state index is 13.4. The fraction of sp³-hybridized carbons (Fsp3) is 0.733. The number of amides is 1. The summed E-state index contributed by atoms with van der Waals surface area (Å²) in [7, 11) is 1.84. The molecule has 0 aliphatic carbocycles. The number of nitrogens with two attached hydrogens (primary N) is 1. The number of hydrogen-bond acceptors (Lipinski definition) is 3. The molecule has 4 heteroatoms. The van der Waals surface area contributed by atoms with Crippen LogP contribution in [0.25, 0.3) is 0 Å². The Kier molecular flexibility index (Phi) is 15.8. The highest BCUT2D eigenvalue weighted by Crippen LogP contribution is 2.31. The Morgan fingerprint density at radius 1 is 0.824 bits per heavy atom. The summed E-state index contributed by atoms with van der Waals surface area (Å²) in [4.78, 5) is 28.0. The molecule has 0 spiro atoms. The first-order valence-electron chi connectivity index (χ1n) is 14.0. The van der Waals surface area contributed by atoms with Crippen LogP contribution >= 0.6 is 0 Å². The van der Waals surface area contributed by atoms with Crippen LogP contribution in [0.3, 0.4) is 0 Å². The Hall–Kier alpha value is -1.68. The van der Waals surface area contributed by atoms with Crippen molar-refractivity contribution in [3.63, 3.8) is 0 Å². The van der Waals surface area contributed by atoms with Gasteiger partial charge in [0.15, 0.2) is 11.3 Å². The Labute approximate surface area is 210 Å². The van der Waals surface area contributed by atoms with Crippen LogP contribution in [0, 0.1) is 5.92 Å². The molecule has 1 amide bonds. The average Bonchev–Trinajstić information content (AvgIpc) is 2.80. The summed E-state index contributed by atoms with van der Waals surface area (Å²) in [5.74, 6) is 0.199. The molecule has 34 heavy (non-hydrogen) atoms. The number of carbonyl (C=O) groups is 2. The van der Waals surface area contributed by atoms with Crippen LogP contribution in [0.5, 0.6) is 0 Å². The summed E-state index contributed by atoms with van der Waals surface area (Å²) in [5.41, 5.74) is 5.20. The minimum Gasteiger partial charge on any atom is -0.367 e. The van der Waals surface area contributed by atoms with Gasteiger partial charge in [-0.1, -0.05) is 128 Å². The quantitative estimate of drug-likeness (QED) is 0.150. The molecular weight excluding hydrogens is 420 g/mol. The van der Waals surface area contributed by atoms with Crippen LogP contribution in [0.4, 0.5) is 0 Å². The maximum Gasteiger partial charge on any atom is 0.250 e. The van der Waals surface area contributed by atoms with Gasteiger partial charge in [-0.25, -0.2) is 0 Å². The number of carbonyl (C=O) groups excluding carboxylic acids is 2. The molecule has 1 unspecified atom stereocenters. The third-order valence-electron chi connectivity index (χ3n) is 7.02. The van der Waals surface area contributed by atoms with Crippen molar-refractivity contribution in [3.8, 4) is 0 Å². The van der Waals surface area contributed by atoms with Gasteiger partial charge in [-0.3, -0.25) is 14.5 Å². The second-order valence-electron chi connectivity index (χ2n) is 10.5. The Bertz CT molecular complexity index is 674. The van der Waals surface area contributed by atoms with E-state index in [0.29, 0.717) is 18.5 Å². The first kappa shape index (κ1) is 30.4. The van der Waals surface area contributed by atoms with E-state index in [0.717, 1.165) is 31.6 Å². The van der Waals surface area contributed by atoms with Gasteiger partial charge in [-0.2, -0.15) is 0 Å². The van der Waals surface area contributed by atoms with E-state index in [9.17, 15) is 9.59 Å².